The molecule has 0 saturated heterocycles. The van der Waals surface area contributed by atoms with Crippen LogP contribution >= 0.6 is 22.9 Å². The number of para-hydroxylation sites is 1. The SMILES string of the molecule is C=CCON(C(=O)Cl)C1C=C(c2nc3ccccc3s2)CN(C(=O)OCc2ccccc2)C1. The smallest absolute Gasteiger partial charge is 0.410 e. The van der Waals surface area contributed by atoms with Crippen LogP contribution in [-0.2, 0) is 16.2 Å². The number of nitrogens with zero attached hydrogens (tertiary/aromatic N) is 3. The molecule has 0 fully saturated rings. The lowest BCUT2D eigenvalue weighted by atomic mass is 10.1. The predicted octanol–water partition coefficient (Wildman–Crippen LogP) is 5.48. The van der Waals surface area contributed by atoms with Crippen molar-refractivity contribution in [2.24, 2.45) is 0 Å². The van der Waals surface area contributed by atoms with E-state index in [1.54, 1.807) is 0 Å². The first-order chi connectivity index (χ1) is 16.0. The Morgan fingerprint density at radius 2 is 1.97 bits per heavy atom. The monoisotopic (exact) mass is 483 g/mol. The van der Waals surface area contributed by atoms with Gasteiger partial charge in [-0.2, -0.15) is 5.06 Å². The molecule has 1 atom stereocenters. The number of hydrogen-bond donors (Lipinski definition) is 0. The van der Waals surface area contributed by atoms with Crippen molar-refractivity contribution >= 4 is 50.2 Å². The summed E-state index contributed by atoms with van der Waals surface area (Å²) in [6, 6.07) is 16.6. The maximum atomic E-state index is 12.9. The normalized spacial score (nSPS) is 15.7. The highest BCUT2D eigenvalue weighted by Gasteiger charge is 2.33. The van der Waals surface area contributed by atoms with Crippen molar-refractivity contribution in [2.75, 3.05) is 19.7 Å². The number of amides is 2. The van der Waals surface area contributed by atoms with Gasteiger partial charge in [0.2, 0.25) is 0 Å². The Bertz CT molecular complexity index is 1150. The van der Waals surface area contributed by atoms with Gasteiger partial charge >= 0.3 is 11.5 Å². The molecule has 0 bridgehead atoms. The van der Waals surface area contributed by atoms with Gasteiger partial charge in [-0.1, -0.05) is 48.5 Å². The van der Waals surface area contributed by atoms with Gasteiger partial charge in [-0.3, -0.25) is 9.63 Å². The fourth-order valence-corrected chi connectivity index (χ4v) is 4.64. The molecule has 170 valence electrons. The third-order valence-electron chi connectivity index (χ3n) is 5.00. The van der Waals surface area contributed by atoms with Crippen LogP contribution in [0.4, 0.5) is 9.59 Å². The molecular weight excluding hydrogens is 462 g/mol. The zero-order valence-corrected chi connectivity index (χ0v) is 19.3. The Morgan fingerprint density at radius 3 is 2.70 bits per heavy atom. The van der Waals surface area contributed by atoms with Crippen molar-refractivity contribution in [3.05, 3.63) is 83.9 Å². The first kappa shape index (κ1) is 23.0. The first-order valence-electron chi connectivity index (χ1n) is 10.3. The van der Waals surface area contributed by atoms with E-state index in [1.165, 1.54) is 22.3 Å². The number of carbonyl (C=O) groups excluding carboxylic acids is 2. The van der Waals surface area contributed by atoms with Gasteiger partial charge in [-0.15, -0.1) is 17.9 Å². The van der Waals surface area contributed by atoms with Gasteiger partial charge in [-0.25, -0.2) is 9.78 Å². The van der Waals surface area contributed by atoms with E-state index in [0.717, 1.165) is 31.4 Å². The second-order valence-corrected chi connectivity index (χ2v) is 8.68. The minimum atomic E-state index is -0.791. The van der Waals surface area contributed by atoms with Gasteiger partial charge in [0.05, 0.1) is 36.0 Å². The van der Waals surface area contributed by atoms with Crippen LogP contribution in [0.1, 0.15) is 10.6 Å². The zero-order chi connectivity index (χ0) is 23.2. The lowest BCUT2D eigenvalue weighted by Gasteiger charge is -2.35. The quantitative estimate of drug-likeness (QED) is 0.192. The fraction of sp³-hybridized carbons (Fsp3) is 0.208. The predicted molar refractivity (Wildman–Crippen MR) is 129 cm³/mol. The highest BCUT2D eigenvalue weighted by atomic mass is 35.5. The lowest BCUT2D eigenvalue weighted by Crippen LogP contribution is -2.49. The van der Waals surface area contributed by atoms with Gasteiger partial charge in [-0.05, 0) is 35.4 Å². The molecule has 0 saturated carbocycles. The third-order valence-corrected chi connectivity index (χ3v) is 6.28. The number of ether oxygens (including phenoxy) is 1. The largest absolute Gasteiger partial charge is 0.445 e. The maximum Gasteiger partial charge on any atom is 0.410 e. The second-order valence-electron chi connectivity index (χ2n) is 7.33. The summed E-state index contributed by atoms with van der Waals surface area (Å²) in [6.45, 7) is 4.30. The number of benzene rings is 2. The number of fused-ring (bicyclic) bond motifs is 1. The summed E-state index contributed by atoms with van der Waals surface area (Å²) in [4.78, 5) is 36.7. The molecule has 7 nitrogen and oxygen atoms in total. The van der Waals surface area contributed by atoms with Gasteiger partial charge in [0.1, 0.15) is 11.6 Å². The number of thiazole rings is 1. The Kier molecular flexibility index (Phi) is 7.39. The Labute approximate surface area is 200 Å². The molecule has 1 aliphatic rings. The van der Waals surface area contributed by atoms with Crippen LogP contribution in [0.2, 0.25) is 0 Å². The second kappa shape index (κ2) is 10.6. The third kappa shape index (κ3) is 5.60. The molecule has 2 heterocycles. The van der Waals surface area contributed by atoms with Crippen molar-refractivity contribution in [3.8, 4) is 0 Å². The summed E-state index contributed by atoms with van der Waals surface area (Å²) in [5.41, 5.74) is 2.54. The van der Waals surface area contributed by atoms with Crippen molar-refractivity contribution in [1.29, 1.82) is 0 Å². The molecule has 2 amide bonds. The molecule has 1 unspecified atom stereocenters. The molecule has 3 aromatic rings. The Balaban J connectivity index is 1.60. The van der Waals surface area contributed by atoms with Crippen LogP contribution in [0.25, 0.3) is 15.8 Å². The summed E-state index contributed by atoms with van der Waals surface area (Å²) in [5.74, 6) is 0. The van der Waals surface area contributed by atoms with Crippen LogP contribution in [0.5, 0.6) is 0 Å². The first-order valence-corrected chi connectivity index (χ1v) is 11.5. The van der Waals surface area contributed by atoms with Gasteiger partial charge < -0.3 is 9.64 Å². The van der Waals surface area contributed by atoms with Crippen LogP contribution < -0.4 is 0 Å². The summed E-state index contributed by atoms with van der Waals surface area (Å²) >= 11 is 7.31. The van der Waals surface area contributed by atoms with E-state index in [9.17, 15) is 9.59 Å². The molecule has 1 aromatic heterocycles. The van der Waals surface area contributed by atoms with Crippen molar-refractivity contribution in [3.63, 3.8) is 0 Å². The molecule has 0 N–H and O–H groups in total. The van der Waals surface area contributed by atoms with Crippen LogP contribution in [-0.4, -0.2) is 52.1 Å². The van der Waals surface area contributed by atoms with Crippen LogP contribution in [0, 0.1) is 0 Å². The van der Waals surface area contributed by atoms with Crippen LogP contribution in [0.3, 0.4) is 0 Å². The molecular formula is C24H22ClN3O4S. The topological polar surface area (TPSA) is 72.0 Å². The van der Waals surface area contributed by atoms with E-state index >= 15 is 0 Å². The van der Waals surface area contributed by atoms with Gasteiger partial charge in [0, 0.05) is 5.57 Å². The number of carbonyl (C=O) groups is 2. The summed E-state index contributed by atoms with van der Waals surface area (Å²) in [5, 5.41) is 1.02. The summed E-state index contributed by atoms with van der Waals surface area (Å²) < 4.78 is 6.56. The van der Waals surface area contributed by atoms with E-state index < -0.39 is 17.5 Å². The minimum absolute atomic E-state index is 0.0950. The highest BCUT2D eigenvalue weighted by molar-refractivity contribution is 7.19. The molecule has 1 aliphatic heterocycles. The average Bonchev–Trinajstić information content (AvgIpc) is 3.27. The zero-order valence-electron chi connectivity index (χ0n) is 17.7. The van der Waals surface area contributed by atoms with Gasteiger partial charge in [0.15, 0.2) is 0 Å². The molecule has 33 heavy (non-hydrogen) atoms. The molecule has 0 spiro atoms. The van der Waals surface area contributed by atoms with E-state index in [0.29, 0.717) is 0 Å². The summed E-state index contributed by atoms with van der Waals surface area (Å²) in [7, 11) is 0. The number of halogens is 1. The van der Waals surface area contributed by atoms with Crippen molar-refractivity contribution in [2.45, 2.75) is 12.6 Å². The molecule has 4 rings (SSSR count). The number of hydroxylamine groups is 2. The summed E-state index contributed by atoms with van der Waals surface area (Å²) in [6.07, 6.45) is 2.88. The average molecular weight is 484 g/mol. The lowest BCUT2D eigenvalue weighted by molar-refractivity contribution is -0.119. The van der Waals surface area contributed by atoms with Crippen molar-refractivity contribution < 1.29 is 19.2 Å². The molecule has 2 aromatic carbocycles. The molecule has 0 aliphatic carbocycles. The van der Waals surface area contributed by atoms with E-state index in [1.807, 2.05) is 60.7 Å². The number of aromatic nitrogens is 1. The number of rotatable bonds is 7. The number of hydrogen-bond acceptors (Lipinski definition) is 6. The Morgan fingerprint density at radius 1 is 1.21 bits per heavy atom. The standard InChI is InChI=1S/C24H22ClN3O4S/c1-2-12-32-28(23(25)29)19-13-18(22-26-20-10-6-7-11-21(20)33-22)14-27(15-19)24(30)31-16-17-8-4-3-5-9-17/h2-11,13,19H,1,12,14-16H2. The molecule has 0 radical (unpaired) electrons. The van der Waals surface area contributed by atoms with E-state index in [4.69, 9.17) is 26.2 Å². The fourth-order valence-electron chi connectivity index (χ4n) is 3.48. The highest BCUT2D eigenvalue weighted by Crippen LogP contribution is 2.31. The minimum Gasteiger partial charge on any atom is -0.445 e. The van der Waals surface area contributed by atoms with E-state index in [2.05, 4.69) is 6.58 Å². The van der Waals surface area contributed by atoms with Gasteiger partial charge in [0.25, 0.3) is 0 Å². The van der Waals surface area contributed by atoms with E-state index in [-0.39, 0.29) is 26.3 Å². The Hall–Kier alpha value is -3.20. The van der Waals surface area contributed by atoms with Crippen molar-refractivity contribution in [1.82, 2.24) is 14.9 Å². The van der Waals surface area contributed by atoms with Crippen LogP contribution in [0.15, 0.2) is 73.3 Å². The maximum absolute atomic E-state index is 12.9. The molecule has 9 heteroatoms.